The van der Waals surface area contributed by atoms with E-state index in [1.165, 1.54) is 6.26 Å². The highest BCUT2D eigenvalue weighted by molar-refractivity contribution is 5.74. The van der Waals surface area contributed by atoms with Gasteiger partial charge in [0.15, 0.2) is 6.29 Å². The zero-order valence-corrected chi connectivity index (χ0v) is 13.4. The number of allylic oxidation sites excluding steroid dienone is 1. The van der Waals surface area contributed by atoms with Crippen LogP contribution in [0.3, 0.4) is 0 Å². The Bertz CT molecular complexity index is 492. The number of ether oxygens (including phenoxy) is 3. The molecule has 3 aliphatic rings. The van der Waals surface area contributed by atoms with Crippen LogP contribution in [0.1, 0.15) is 19.8 Å². The fraction of sp³-hybridized carbons (Fsp3) is 0.812. The fourth-order valence-electron chi connectivity index (χ4n) is 3.94. The van der Waals surface area contributed by atoms with Crippen LogP contribution in [0.25, 0.3) is 0 Å². The first-order valence-electron chi connectivity index (χ1n) is 8.24. The lowest BCUT2D eigenvalue weighted by Crippen LogP contribution is -2.60. The Hall–Kier alpha value is -1.03. The normalized spacial score (nSPS) is 48.4. The van der Waals surface area contributed by atoms with Gasteiger partial charge in [-0.2, -0.15) is 0 Å². The van der Waals surface area contributed by atoms with Crippen molar-refractivity contribution in [2.24, 2.45) is 17.8 Å². The van der Waals surface area contributed by atoms with Crippen LogP contribution in [0.4, 0.5) is 0 Å². The Morgan fingerprint density at radius 1 is 1.21 bits per heavy atom. The summed E-state index contributed by atoms with van der Waals surface area (Å²) in [4.78, 5) is 11.2. The molecule has 0 spiro atoms. The van der Waals surface area contributed by atoms with Crippen molar-refractivity contribution in [2.75, 3.05) is 6.61 Å². The highest BCUT2D eigenvalue weighted by Gasteiger charge is 2.49. The molecule has 2 aliphatic heterocycles. The fourth-order valence-corrected chi connectivity index (χ4v) is 3.94. The predicted molar refractivity (Wildman–Crippen MR) is 79.3 cm³/mol. The topological polar surface area (TPSA) is 126 Å². The molecule has 2 fully saturated rings. The summed E-state index contributed by atoms with van der Waals surface area (Å²) in [6.45, 7) is 1.53. The molecule has 2 heterocycles. The number of fused-ring (bicyclic) bond motifs is 1. The van der Waals surface area contributed by atoms with Crippen molar-refractivity contribution in [3.05, 3.63) is 11.8 Å². The summed E-state index contributed by atoms with van der Waals surface area (Å²) in [5.41, 5.74) is 0.595. The standard InChI is InChI=1S/C16H24O8/c1-7-2-3-9-8(4-17)6-22-15(11(7)9)24-16-14(21)13(20)12(19)10(5-18)23-16/h4,6-7,9-16,18-21H,2-3,5H2,1H3/t7-,9+,10+,11-,12+,13-,14+,15+,16-/m0/s1. The molecular formula is C16H24O8. The molecule has 1 aliphatic carbocycles. The monoisotopic (exact) mass is 344 g/mol. The molecule has 0 bridgehead atoms. The summed E-state index contributed by atoms with van der Waals surface area (Å²) in [7, 11) is 0. The maximum absolute atomic E-state index is 11.2. The van der Waals surface area contributed by atoms with E-state index in [1.54, 1.807) is 0 Å². The molecule has 1 saturated carbocycles. The maximum Gasteiger partial charge on any atom is 0.205 e. The maximum atomic E-state index is 11.2. The van der Waals surface area contributed by atoms with Crippen molar-refractivity contribution in [3.8, 4) is 0 Å². The van der Waals surface area contributed by atoms with E-state index in [-0.39, 0.29) is 17.8 Å². The first-order chi connectivity index (χ1) is 11.5. The Balaban J connectivity index is 1.75. The number of hydrogen-bond acceptors (Lipinski definition) is 8. The molecule has 9 atom stereocenters. The van der Waals surface area contributed by atoms with Gasteiger partial charge in [0.1, 0.15) is 30.7 Å². The van der Waals surface area contributed by atoms with E-state index in [0.717, 1.165) is 19.1 Å². The molecule has 8 heteroatoms. The minimum Gasteiger partial charge on any atom is -0.472 e. The molecule has 0 aromatic heterocycles. The van der Waals surface area contributed by atoms with Gasteiger partial charge >= 0.3 is 0 Å². The van der Waals surface area contributed by atoms with Gasteiger partial charge in [-0.05, 0) is 24.7 Å². The van der Waals surface area contributed by atoms with Crippen LogP contribution in [0, 0.1) is 17.8 Å². The van der Waals surface area contributed by atoms with E-state index in [2.05, 4.69) is 0 Å². The van der Waals surface area contributed by atoms with E-state index in [0.29, 0.717) is 5.57 Å². The first kappa shape index (κ1) is 17.8. The molecule has 0 radical (unpaired) electrons. The summed E-state index contributed by atoms with van der Waals surface area (Å²) in [5.74, 6) is 0.220. The van der Waals surface area contributed by atoms with Gasteiger partial charge in [-0.15, -0.1) is 0 Å². The third-order valence-electron chi connectivity index (χ3n) is 5.39. The quantitative estimate of drug-likeness (QED) is 0.474. The van der Waals surface area contributed by atoms with Gasteiger partial charge in [0.2, 0.25) is 6.29 Å². The lowest BCUT2D eigenvalue weighted by molar-refractivity contribution is -0.342. The van der Waals surface area contributed by atoms with E-state index in [9.17, 15) is 25.2 Å². The molecule has 0 aromatic carbocycles. The first-order valence-corrected chi connectivity index (χ1v) is 8.24. The van der Waals surface area contributed by atoms with Gasteiger partial charge in [0, 0.05) is 11.5 Å². The number of hydrogen-bond donors (Lipinski definition) is 4. The van der Waals surface area contributed by atoms with Crippen molar-refractivity contribution < 1.29 is 39.4 Å². The number of aliphatic hydroxyl groups excluding tert-OH is 4. The summed E-state index contributed by atoms with van der Waals surface area (Å²) in [6.07, 6.45) is -3.47. The number of carbonyl (C=O) groups is 1. The van der Waals surface area contributed by atoms with Crippen molar-refractivity contribution in [1.29, 1.82) is 0 Å². The van der Waals surface area contributed by atoms with Gasteiger partial charge in [-0.25, -0.2) is 0 Å². The Labute approximate surface area is 139 Å². The summed E-state index contributed by atoms with van der Waals surface area (Å²) >= 11 is 0. The second-order valence-corrected chi connectivity index (χ2v) is 6.81. The molecule has 8 nitrogen and oxygen atoms in total. The van der Waals surface area contributed by atoms with Gasteiger partial charge < -0.3 is 34.6 Å². The van der Waals surface area contributed by atoms with Gasteiger partial charge in [-0.3, -0.25) is 4.79 Å². The summed E-state index contributed by atoms with van der Waals surface area (Å²) < 4.78 is 16.6. The summed E-state index contributed by atoms with van der Waals surface area (Å²) in [6, 6.07) is 0. The molecule has 24 heavy (non-hydrogen) atoms. The Morgan fingerprint density at radius 2 is 1.96 bits per heavy atom. The average molecular weight is 344 g/mol. The van der Waals surface area contributed by atoms with Crippen LogP contribution < -0.4 is 0 Å². The Kier molecular flexibility index (Phi) is 5.24. The second kappa shape index (κ2) is 7.07. The molecule has 136 valence electrons. The van der Waals surface area contributed by atoms with E-state index in [4.69, 9.17) is 14.2 Å². The zero-order valence-electron chi connectivity index (χ0n) is 13.4. The lowest BCUT2D eigenvalue weighted by Gasteiger charge is -2.43. The van der Waals surface area contributed by atoms with E-state index >= 15 is 0 Å². The minimum absolute atomic E-state index is 0.0288. The van der Waals surface area contributed by atoms with Crippen LogP contribution >= 0.6 is 0 Å². The van der Waals surface area contributed by atoms with E-state index in [1.807, 2.05) is 6.92 Å². The van der Waals surface area contributed by atoms with Crippen molar-refractivity contribution in [3.63, 3.8) is 0 Å². The molecular weight excluding hydrogens is 320 g/mol. The SMILES string of the molecule is C[C@H]1CC[C@@H]2C(C=O)=CO[C@H](O[C@@H]3O[C@H](CO)[C@@H](O)[C@H](O)[C@H]3O)[C@H]21. The van der Waals surface area contributed by atoms with Crippen LogP contribution in [0.15, 0.2) is 11.8 Å². The van der Waals surface area contributed by atoms with Gasteiger partial charge in [-0.1, -0.05) is 6.92 Å². The largest absolute Gasteiger partial charge is 0.472 e. The van der Waals surface area contributed by atoms with Crippen LogP contribution in [-0.2, 0) is 19.0 Å². The molecule has 0 amide bonds. The third-order valence-corrected chi connectivity index (χ3v) is 5.39. The minimum atomic E-state index is -1.50. The van der Waals surface area contributed by atoms with Crippen molar-refractivity contribution in [1.82, 2.24) is 0 Å². The predicted octanol–water partition coefficient (Wildman–Crippen LogP) is -1.10. The smallest absolute Gasteiger partial charge is 0.205 e. The van der Waals surface area contributed by atoms with Gasteiger partial charge in [0.25, 0.3) is 0 Å². The van der Waals surface area contributed by atoms with Crippen molar-refractivity contribution in [2.45, 2.75) is 56.8 Å². The van der Waals surface area contributed by atoms with Gasteiger partial charge in [0.05, 0.1) is 12.9 Å². The number of aldehydes is 1. The molecule has 4 N–H and O–H groups in total. The molecule has 0 aromatic rings. The Morgan fingerprint density at radius 3 is 2.62 bits per heavy atom. The highest BCUT2D eigenvalue weighted by Crippen LogP contribution is 2.46. The summed E-state index contributed by atoms with van der Waals surface area (Å²) in [5, 5.41) is 39.0. The van der Waals surface area contributed by atoms with Crippen LogP contribution in [-0.4, -0.2) is 70.3 Å². The van der Waals surface area contributed by atoms with Crippen LogP contribution in [0.2, 0.25) is 0 Å². The molecule has 1 saturated heterocycles. The zero-order chi connectivity index (χ0) is 17.4. The third kappa shape index (κ3) is 2.98. The number of rotatable bonds is 4. The average Bonchev–Trinajstić information content (AvgIpc) is 2.98. The second-order valence-electron chi connectivity index (χ2n) is 6.81. The number of aliphatic hydroxyl groups is 4. The number of carbonyl (C=O) groups excluding carboxylic acids is 1. The molecule has 3 rings (SSSR count). The molecule has 0 unspecified atom stereocenters. The van der Waals surface area contributed by atoms with E-state index < -0.39 is 43.6 Å². The van der Waals surface area contributed by atoms with Crippen LogP contribution in [0.5, 0.6) is 0 Å². The highest BCUT2D eigenvalue weighted by atomic mass is 16.8. The lowest BCUT2D eigenvalue weighted by atomic mass is 9.84. The van der Waals surface area contributed by atoms with Crippen molar-refractivity contribution >= 4 is 6.29 Å².